The smallest absolute Gasteiger partial charge is 0.133 e. The lowest BCUT2D eigenvalue weighted by atomic mass is 9.87. The summed E-state index contributed by atoms with van der Waals surface area (Å²) in [6, 6.07) is 5.91. The van der Waals surface area contributed by atoms with Gasteiger partial charge in [0.2, 0.25) is 0 Å². The van der Waals surface area contributed by atoms with Gasteiger partial charge in [0.05, 0.1) is 12.6 Å². The van der Waals surface area contributed by atoms with E-state index in [0.717, 1.165) is 26.7 Å². The summed E-state index contributed by atoms with van der Waals surface area (Å²) in [4.78, 5) is 4.49. The number of methoxy groups -OCH3 is 1. The van der Waals surface area contributed by atoms with E-state index in [-0.39, 0.29) is 5.41 Å². The molecule has 1 aromatic heterocycles. The minimum absolute atomic E-state index is 0.0500. The van der Waals surface area contributed by atoms with Crippen molar-refractivity contribution in [3.05, 3.63) is 33.4 Å². The maximum atomic E-state index is 6.28. The molecule has 2 aromatic rings. The number of nitrogens with zero attached hydrogens (tertiary/aromatic N) is 1. The van der Waals surface area contributed by atoms with Crippen LogP contribution in [0.5, 0.6) is 5.75 Å². The Kier molecular flexibility index (Phi) is 3.56. The Labute approximate surface area is 120 Å². The van der Waals surface area contributed by atoms with Crippen LogP contribution in [-0.2, 0) is 5.41 Å². The largest absolute Gasteiger partial charge is 0.496 e. The summed E-state index contributed by atoms with van der Waals surface area (Å²) >= 11 is 9.78. The fraction of sp³-hybridized carbons (Fsp3) is 0.357. The van der Waals surface area contributed by atoms with E-state index in [4.69, 9.17) is 16.3 Å². The molecule has 96 valence electrons. The highest BCUT2D eigenvalue weighted by molar-refractivity contribution is 9.10. The Morgan fingerprint density at radius 2 is 1.94 bits per heavy atom. The zero-order chi connectivity index (χ0) is 13.5. The van der Waals surface area contributed by atoms with Gasteiger partial charge in [0, 0.05) is 9.86 Å². The molecular formula is C14H15BrClNO. The molecule has 0 saturated heterocycles. The molecule has 2 nitrogen and oxygen atoms in total. The Morgan fingerprint density at radius 3 is 2.50 bits per heavy atom. The van der Waals surface area contributed by atoms with Crippen molar-refractivity contribution >= 4 is 38.4 Å². The van der Waals surface area contributed by atoms with Crippen molar-refractivity contribution in [2.75, 3.05) is 7.11 Å². The average molecular weight is 329 g/mol. The summed E-state index contributed by atoms with van der Waals surface area (Å²) in [5, 5.41) is 1.52. The van der Waals surface area contributed by atoms with E-state index in [1.54, 1.807) is 7.11 Å². The number of aromatic nitrogens is 1. The van der Waals surface area contributed by atoms with Gasteiger partial charge in [-0.1, -0.05) is 32.4 Å². The lowest BCUT2D eigenvalue weighted by Crippen LogP contribution is -2.12. The fourth-order valence-electron chi connectivity index (χ4n) is 1.88. The predicted octanol–water partition coefficient (Wildman–Crippen LogP) is 4.96. The second-order valence-electron chi connectivity index (χ2n) is 5.22. The predicted molar refractivity (Wildman–Crippen MR) is 79.7 cm³/mol. The summed E-state index contributed by atoms with van der Waals surface area (Å²) in [6.07, 6.45) is 0. The zero-order valence-electron chi connectivity index (χ0n) is 10.8. The number of rotatable bonds is 1. The number of ether oxygens (including phenoxy) is 1. The molecule has 0 fully saturated rings. The van der Waals surface area contributed by atoms with Crippen LogP contribution < -0.4 is 4.74 Å². The van der Waals surface area contributed by atoms with Gasteiger partial charge in [-0.05, 0) is 45.1 Å². The molecule has 0 spiro atoms. The Hall–Kier alpha value is -0.800. The van der Waals surface area contributed by atoms with Crippen molar-refractivity contribution in [1.29, 1.82) is 0 Å². The third-order valence-electron chi connectivity index (χ3n) is 2.88. The van der Waals surface area contributed by atoms with Gasteiger partial charge in [-0.25, -0.2) is 4.98 Å². The van der Waals surface area contributed by atoms with Gasteiger partial charge < -0.3 is 4.74 Å². The number of hydrogen-bond acceptors (Lipinski definition) is 2. The first-order valence-electron chi connectivity index (χ1n) is 5.68. The first-order chi connectivity index (χ1) is 8.34. The van der Waals surface area contributed by atoms with Crippen LogP contribution in [0.1, 0.15) is 26.3 Å². The molecule has 4 heteroatoms. The van der Waals surface area contributed by atoms with E-state index < -0.39 is 0 Å². The molecule has 0 aliphatic heterocycles. The maximum Gasteiger partial charge on any atom is 0.133 e. The van der Waals surface area contributed by atoms with Crippen molar-refractivity contribution in [1.82, 2.24) is 4.98 Å². The molecule has 0 radical (unpaired) electrons. The van der Waals surface area contributed by atoms with Crippen LogP contribution in [0.2, 0.25) is 5.15 Å². The summed E-state index contributed by atoms with van der Waals surface area (Å²) in [6.45, 7) is 6.35. The van der Waals surface area contributed by atoms with Gasteiger partial charge in [-0.2, -0.15) is 0 Å². The first kappa shape index (κ1) is 13.6. The lowest BCUT2D eigenvalue weighted by molar-refractivity contribution is 0.419. The second-order valence-corrected chi connectivity index (χ2v) is 6.43. The van der Waals surface area contributed by atoms with Crippen molar-refractivity contribution in [3.63, 3.8) is 0 Å². The van der Waals surface area contributed by atoms with Crippen LogP contribution in [0.4, 0.5) is 0 Å². The van der Waals surface area contributed by atoms with Gasteiger partial charge >= 0.3 is 0 Å². The number of pyridine rings is 1. The van der Waals surface area contributed by atoms with Gasteiger partial charge in [0.25, 0.3) is 0 Å². The summed E-state index contributed by atoms with van der Waals surface area (Å²) in [5.74, 6) is 0.808. The van der Waals surface area contributed by atoms with E-state index in [1.165, 1.54) is 0 Å². The monoisotopic (exact) mass is 327 g/mol. The standard InChI is InChI=1S/C14H15BrClNO/c1-14(2,3)9-7-8-11(18-4)6-5-10(15)12(8)17-13(9)16/h5-7H,1-4H3. The Morgan fingerprint density at radius 1 is 1.28 bits per heavy atom. The molecule has 18 heavy (non-hydrogen) atoms. The third-order valence-corrected chi connectivity index (χ3v) is 3.80. The molecule has 0 atom stereocenters. The number of hydrogen-bond donors (Lipinski definition) is 0. The zero-order valence-corrected chi connectivity index (χ0v) is 13.2. The average Bonchev–Trinajstić information content (AvgIpc) is 2.28. The van der Waals surface area contributed by atoms with Crippen molar-refractivity contribution in [3.8, 4) is 5.75 Å². The quantitative estimate of drug-likeness (QED) is 0.690. The minimum Gasteiger partial charge on any atom is -0.496 e. The molecule has 0 aliphatic carbocycles. The van der Waals surface area contributed by atoms with Gasteiger partial charge in [0.15, 0.2) is 0 Å². The molecule has 0 N–H and O–H groups in total. The second kappa shape index (κ2) is 4.71. The van der Waals surface area contributed by atoms with Crippen LogP contribution in [0.3, 0.4) is 0 Å². The van der Waals surface area contributed by atoms with E-state index in [9.17, 15) is 0 Å². The molecule has 0 aliphatic rings. The highest BCUT2D eigenvalue weighted by atomic mass is 79.9. The van der Waals surface area contributed by atoms with E-state index in [1.807, 2.05) is 12.1 Å². The van der Waals surface area contributed by atoms with Gasteiger partial charge in [0.1, 0.15) is 10.9 Å². The van der Waals surface area contributed by atoms with Gasteiger partial charge in [-0.3, -0.25) is 0 Å². The van der Waals surface area contributed by atoms with Gasteiger partial charge in [-0.15, -0.1) is 0 Å². The maximum absolute atomic E-state index is 6.28. The number of halogens is 2. The Balaban J connectivity index is 2.84. The SMILES string of the molecule is COc1ccc(Br)c2nc(Cl)c(C(C)(C)C)cc12. The third kappa shape index (κ3) is 2.34. The van der Waals surface area contributed by atoms with Crippen LogP contribution in [0.15, 0.2) is 22.7 Å². The van der Waals surface area contributed by atoms with Crippen molar-refractivity contribution < 1.29 is 4.74 Å². The molecule has 0 bridgehead atoms. The van der Waals surface area contributed by atoms with E-state index in [2.05, 4.69) is 47.8 Å². The highest BCUT2D eigenvalue weighted by Crippen LogP contribution is 2.36. The fourth-order valence-corrected chi connectivity index (χ4v) is 2.74. The molecular weight excluding hydrogens is 314 g/mol. The van der Waals surface area contributed by atoms with Crippen LogP contribution in [-0.4, -0.2) is 12.1 Å². The minimum atomic E-state index is -0.0500. The summed E-state index contributed by atoms with van der Waals surface area (Å²) in [7, 11) is 1.66. The van der Waals surface area contributed by atoms with Crippen LogP contribution >= 0.6 is 27.5 Å². The topological polar surface area (TPSA) is 22.1 Å². The number of fused-ring (bicyclic) bond motifs is 1. The molecule has 1 heterocycles. The summed E-state index contributed by atoms with van der Waals surface area (Å²) in [5.41, 5.74) is 1.80. The van der Waals surface area contributed by atoms with E-state index >= 15 is 0 Å². The molecule has 0 saturated carbocycles. The summed E-state index contributed by atoms with van der Waals surface area (Å²) < 4.78 is 6.30. The Bertz CT molecular complexity index is 605. The highest BCUT2D eigenvalue weighted by Gasteiger charge is 2.20. The normalized spacial score (nSPS) is 11.9. The number of benzene rings is 1. The van der Waals surface area contributed by atoms with Crippen molar-refractivity contribution in [2.24, 2.45) is 0 Å². The van der Waals surface area contributed by atoms with Crippen molar-refractivity contribution in [2.45, 2.75) is 26.2 Å². The van der Waals surface area contributed by atoms with Crippen LogP contribution in [0, 0.1) is 0 Å². The lowest BCUT2D eigenvalue weighted by Gasteiger charge is -2.21. The molecule has 0 unspecified atom stereocenters. The molecule has 0 amide bonds. The molecule has 2 rings (SSSR count). The van der Waals surface area contributed by atoms with E-state index in [0.29, 0.717) is 5.15 Å². The van der Waals surface area contributed by atoms with Crippen LogP contribution in [0.25, 0.3) is 10.9 Å². The first-order valence-corrected chi connectivity index (χ1v) is 6.85. The molecule has 1 aromatic carbocycles.